The van der Waals surface area contributed by atoms with Crippen molar-refractivity contribution >= 4 is 23.2 Å². The van der Waals surface area contributed by atoms with E-state index in [9.17, 15) is 14.4 Å². The van der Waals surface area contributed by atoms with Crippen molar-refractivity contribution < 1.29 is 9.90 Å². The van der Waals surface area contributed by atoms with Gasteiger partial charge in [0.15, 0.2) is 5.65 Å². The van der Waals surface area contributed by atoms with Gasteiger partial charge in [0.2, 0.25) is 0 Å². The van der Waals surface area contributed by atoms with Crippen LogP contribution < -0.4 is 11.2 Å². The highest BCUT2D eigenvalue weighted by Crippen LogP contribution is 2.19. The van der Waals surface area contributed by atoms with Gasteiger partial charge in [0.05, 0.1) is 0 Å². The van der Waals surface area contributed by atoms with E-state index in [1.165, 1.54) is 16.7 Å². The molecule has 0 saturated heterocycles. The summed E-state index contributed by atoms with van der Waals surface area (Å²) in [5.41, 5.74) is 0.910. The zero-order valence-electron chi connectivity index (χ0n) is 15.0. The van der Waals surface area contributed by atoms with Crippen molar-refractivity contribution in [2.75, 3.05) is 0 Å². The number of H-pyrrole nitrogens is 1. The first kappa shape index (κ1) is 18.8. The van der Waals surface area contributed by atoms with Gasteiger partial charge in [-0.1, -0.05) is 36.4 Å². The van der Waals surface area contributed by atoms with Gasteiger partial charge in [-0.25, -0.2) is 14.6 Å². The van der Waals surface area contributed by atoms with E-state index in [1.807, 2.05) is 0 Å². The average Bonchev–Trinajstić information content (AvgIpc) is 3.13. The molecule has 2 heterocycles. The lowest BCUT2D eigenvalue weighted by molar-refractivity contribution is -0.131. The largest absolute Gasteiger partial charge is 0.478 e. The number of carboxylic acids is 1. The lowest BCUT2D eigenvalue weighted by Crippen LogP contribution is -2.39. The molecule has 3 aromatic rings. The van der Waals surface area contributed by atoms with Crippen LogP contribution in [0.2, 0.25) is 0 Å². The van der Waals surface area contributed by atoms with Gasteiger partial charge in [0.25, 0.3) is 5.56 Å². The highest BCUT2D eigenvalue weighted by atomic mass is 16.4. The van der Waals surface area contributed by atoms with Gasteiger partial charge in [-0.15, -0.1) is 13.2 Å². The first-order valence-electron chi connectivity index (χ1n) is 8.43. The zero-order valence-corrected chi connectivity index (χ0v) is 15.0. The van der Waals surface area contributed by atoms with Crippen molar-refractivity contribution in [1.29, 1.82) is 0 Å². The zero-order chi connectivity index (χ0) is 20.3. The van der Waals surface area contributed by atoms with Crippen LogP contribution in [0.25, 0.3) is 28.6 Å². The maximum absolute atomic E-state index is 12.7. The predicted octanol–water partition coefficient (Wildman–Crippen LogP) is 2.02. The second kappa shape index (κ2) is 7.75. The molecule has 0 unspecified atom stereocenters. The normalized spacial score (nSPS) is 11.1. The molecule has 28 heavy (non-hydrogen) atoms. The molecule has 0 radical (unpaired) electrons. The summed E-state index contributed by atoms with van der Waals surface area (Å²) in [7, 11) is 0. The number of nitrogens with zero attached hydrogens (tertiary/aromatic N) is 3. The molecule has 0 aliphatic carbocycles. The first-order valence-corrected chi connectivity index (χ1v) is 8.43. The third kappa shape index (κ3) is 3.48. The third-order valence-electron chi connectivity index (χ3n) is 4.09. The van der Waals surface area contributed by atoms with Crippen molar-refractivity contribution in [3.05, 3.63) is 82.1 Å². The maximum atomic E-state index is 12.7. The van der Waals surface area contributed by atoms with Crippen molar-refractivity contribution in [3.63, 3.8) is 0 Å². The Balaban J connectivity index is 2.15. The minimum atomic E-state index is -1.03. The molecular formula is C20H18N4O4. The molecule has 0 saturated carbocycles. The van der Waals surface area contributed by atoms with E-state index in [1.54, 1.807) is 30.3 Å². The van der Waals surface area contributed by atoms with Gasteiger partial charge in [0.1, 0.15) is 11.3 Å². The number of aromatic amines is 1. The second-order valence-electron chi connectivity index (χ2n) is 5.96. The van der Waals surface area contributed by atoms with Crippen molar-refractivity contribution in [2.24, 2.45) is 0 Å². The topological polar surface area (TPSA) is 110 Å². The Labute approximate surface area is 159 Å². The van der Waals surface area contributed by atoms with Crippen LogP contribution in [0, 0.1) is 0 Å². The smallest absolute Gasteiger partial charge is 0.333 e. The number of aromatic nitrogens is 4. The molecule has 1 aromatic carbocycles. The fraction of sp³-hybridized carbons (Fsp3) is 0.100. The number of allylic oxidation sites excluding steroid dienone is 2. The SMILES string of the molecule is C=CCn1c(=O)c2[nH]c(-c3ccc(/C=C/C(=O)O)cc3)nc2n(CC=C)c1=O. The molecule has 0 fully saturated rings. The van der Waals surface area contributed by atoms with Crippen LogP contribution in [0.5, 0.6) is 0 Å². The Morgan fingerprint density at radius 1 is 1.11 bits per heavy atom. The number of carboxylic acid groups (broad SMARTS) is 1. The first-order chi connectivity index (χ1) is 13.5. The van der Waals surface area contributed by atoms with Gasteiger partial charge < -0.3 is 10.1 Å². The Morgan fingerprint density at radius 2 is 1.75 bits per heavy atom. The number of rotatable bonds is 7. The third-order valence-corrected chi connectivity index (χ3v) is 4.09. The van der Waals surface area contributed by atoms with Gasteiger partial charge in [-0.3, -0.25) is 13.9 Å². The molecule has 142 valence electrons. The molecule has 0 aliphatic heterocycles. The lowest BCUT2D eigenvalue weighted by Gasteiger charge is -2.07. The number of fused-ring (bicyclic) bond motifs is 1. The summed E-state index contributed by atoms with van der Waals surface area (Å²) in [6.07, 6.45) is 5.56. The molecule has 0 aliphatic rings. The number of hydrogen-bond donors (Lipinski definition) is 2. The van der Waals surface area contributed by atoms with Gasteiger partial charge in [-0.05, 0) is 11.6 Å². The highest BCUT2D eigenvalue weighted by Gasteiger charge is 2.16. The number of aliphatic carboxylic acids is 1. The summed E-state index contributed by atoms with van der Waals surface area (Å²) in [6, 6.07) is 6.96. The number of nitrogens with one attached hydrogen (secondary N) is 1. The van der Waals surface area contributed by atoms with Crippen LogP contribution in [-0.2, 0) is 17.9 Å². The van der Waals surface area contributed by atoms with Crippen LogP contribution in [0.3, 0.4) is 0 Å². The van der Waals surface area contributed by atoms with Crippen molar-refractivity contribution in [1.82, 2.24) is 19.1 Å². The van der Waals surface area contributed by atoms with Gasteiger partial charge in [-0.2, -0.15) is 0 Å². The van der Waals surface area contributed by atoms with E-state index in [2.05, 4.69) is 23.1 Å². The Bertz CT molecular complexity index is 1210. The van der Waals surface area contributed by atoms with Crippen LogP contribution in [0.4, 0.5) is 0 Å². The summed E-state index contributed by atoms with van der Waals surface area (Å²) in [6.45, 7) is 7.53. The van der Waals surface area contributed by atoms with Gasteiger partial charge >= 0.3 is 11.7 Å². The Morgan fingerprint density at radius 3 is 2.36 bits per heavy atom. The van der Waals surface area contributed by atoms with E-state index in [0.29, 0.717) is 17.0 Å². The number of benzene rings is 1. The summed E-state index contributed by atoms with van der Waals surface area (Å²) in [5.74, 6) is -0.605. The summed E-state index contributed by atoms with van der Waals surface area (Å²) >= 11 is 0. The van der Waals surface area contributed by atoms with E-state index in [-0.39, 0.29) is 24.3 Å². The monoisotopic (exact) mass is 378 g/mol. The van der Waals surface area contributed by atoms with Crippen LogP contribution in [0.1, 0.15) is 5.56 Å². The van der Waals surface area contributed by atoms with E-state index in [0.717, 1.165) is 10.6 Å². The van der Waals surface area contributed by atoms with E-state index >= 15 is 0 Å². The molecule has 8 nitrogen and oxygen atoms in total. The molecule has 0 bridgehead atoms. The molecule has 2 aromatic heterocycles. The quantitative estimate of drug-likeness (QED) is 0.483. The van der Waals surface area contributed by atoms with Crippen molar-refractivity contribution in [3.8, 4) is 11.4 Å². The molecule has 0 atom stereocenters. The fourth-order valence-corrected chi connectivity index (χ4v) is 2.81. The molecule has 3 rings (SSSR count). The summed E-state index contributed by atoms with van der Waals surface area (Å²) < 4.78 is 2.46. The minimum absolute atomic E-state index is 0.0870. The molecular weight excluding hydrogens is 360 g/mol. The Kier molecular flexibility index (Phi) is 5.21. The molecule has 0 amide bonds. The maximum Gasteiger partial charge on any atom is 0.333 e. The van der Waals surface area contributed by atoms with Crippen LogP contribution in [0.15, 0.2) is 65.2 Å². The number of carbonyl (C=O) groups is 1. The molecule has 8 heteroatoms. The molecule has 2 N–H and O–H groups in total. The standard InChI is InChI=1S/C20H18N4O4/c1-3-11-23-18-16(19(27)24(12-4-2)20(23)28)21-17(22-18)14-8-5-13(6-9-14)7-10-15(25)26/h3-10H,1-2,11-12H2,(H,21,22)(H,25,26)/b10-7+. The van der Waals surface area contributed by atoms with E-state index < -0.39 is 17.2 Å². The van der Waals surface area contributed by atoms with Crippen molar-refractivity contribution in [2.45, 2.75) is 13.1 Å². The summed E-state index contributed by atoms with van der Waals surface area (Å²) in [5, 5.41) is 8.69. The van der Waals surface area contributed by atoms with Crippen LogP contribution >= 0.6 is 0 Å². The average molecular weight is 378 g/mol. The lowest BCUT2D eigenvalue weighted by atomic mass is 10.1. The molecule has 0 spiro atoms. The minimum Gasteiger partial charge on any atom is -0.478 e. The Hall–Kier alpha value is -3.94. The number of hydrogen-bond acceptors (Lipinski definition) is 4. The predicted molar refractivity (Wildman–Crippen MR) is 107 cm³/mol. The number of imidazole rings is 1. The van der Waals surface area contributed by atoms with Gasteiger partial charge in [0, 0.05) is 24.7 Å². The summed E-state index contributed by atoms with van der Waals surface area (Å²) in [4.78, 5) is 43.3. The van der Waals surface area contributed by atoms with E-state index in [4.69, 9.17) is 5.11 Å². The fourth-order valence-electron chi connectivity index (χ4n) is 2.81. The highest BCUT2D eigenvalue weighted by molar-refractivity contribution is 5.85. The van der Waals surface area contributed by atoms with Crippen LogP contribution in [-0.4, -0.2) is 30.2 Å². The second-order valence-corrected chi connectivity index (χ2v) is 5.96.